The number of ether oxygens (including phenoxy) is 2. The van der Waals surface area contributed by atoms with Crippen LogP contribution in [0, 0.1) is 0 Å². The number of hydrogen-bond acceptors (Lipinski definition) is 4. The SMILES string of the molecule is COc1cc(C(F)(F)F)c(C(=O)NC(=O)Nc2ccccc2C(C)(C)C)cc1OCc1ccccc1. The van der Waals surface area contributed by atoms with Crippen molar-refractivity contribution in [3.05, 3.63) is 89.0 Å². The van der Waals surface area contributed by atoms with Gasteiger partial charge in [-0.25, -0.2) is 4.79 Å². The molecule has 0 spiro atoms. The fourth-order valence-electron chi connectivity index (χ4n) is 3.56. The number of urea groups is 1. The van der Waals surface area contributed by atoms with E-state index in [-0.39, 0.29) is 23.5 Å². The molecule has 0 aromatic heterocycles. The van der Waals surface area contributed by atoms with Crippen LogP contribution in [0.4, 0.5) is 23.7 Å². The molecule has 3 aromatic rings. The van der Waals surface area contributed by atoms with Gasteiger partial charge in [0.25, 0.3) is 5.91 Å². The summed E-state index contributed by atoms with van der Waals surface area (Å²) < 4.78 is 52.1. The van der Waals surface area contributed by atoms with Gasteiger partial charge < -0.3 is 14.8 Å². The lowest BCUT2D eigenvalue weighted by atomic mass is 9.86. The van der Waals surface area contributed by atoms with Gasteiger partial charge in [0.15, 0.2) is 11.5 Å². The van der Waals surface area contributed by atoms with E-state index in [1.807, 2.05) is 38.2 Å². The summed E-state index contributed by atoms with van der Waals surface area (Å²) in [5.41, 5.74) is -0.351. The minimum Gasteiger partial charge on any atom is -0.493 e. The minimum absolute atomic E-state index is 0.0354. The van der Waals surface area contributed by atoms with Crippen LogP contribution in [0.2, 0.25) is 0 Å². The van der Waals surface area contributed by atoms with Crippen LogP contribution >= 0.6 is 0 Å². The van der Waals surface area contributed by atoms with E-state index in [2.05, 4.69) is 5.32 Å². The summed E-state index contributed by atoms with van der Waals surface area (Å²) in [5.74, 6) is -1.50. The van der Waals surface area contributed by atoms with Crippen molar-refractivity contribution in [2.24, 2.45) is 0 Å². The lowest BCUT2D eigenvalue weighted by Crippen LogP contribution is -2.36. The molecule has 0 saturated heterocycles. The molecule has 6 nitrogen and oxygen atoms in total. The van der Waals surface area contributed by atoms with Gasteiger partial charge in [-0.2, -0.15) is 13.2 Å². The first kappa shape index (κ1) is 26.6. The number of amides is 3. The fraction of sp³-hybridized carbons (Fsp3) is 0.259. The van der Waals surface area contributed by atoms with Crippen molar-refractivity contribution < 1.29 is 32.2 Å². The third kappa shape index (κ3) is 6.56. The maximum absolute atomic E-state index is 13.8. The molecule has 0 atom stereocenters. The number of alkyl halides is 3. The Labute approximate surface area is 207 Å². The number of benzene rings is 3. The summed E-state index contributed by atoms with van der Waals surface area (Å²) in [5, 5.41) is 4.54. The van der Waals surface area contributed by atoms with Crippen LogP contribution in [-0.4, -0.2) is 19.0 Å². The number of anilines is 1. The van der Waals surface area contributed by atoms with Crippen molar-refractivity contribution in [3.8, 4) is 11.5 Å². The molecule has 2 N–H and O–H groups in total. The van der Waals surface area contributed by atoms with E-state index in [9.17, 15) is 22.8 Å². The zero-order valence-electron chi connectivity index (χ0n) is 20.3. The predicted molar refractivity (Wildman–Crippen MR) is 130 cm³/mol. The van der Waals surface area contributed by atoms with Crippen LogP contribution < -0.4 is 20.1 Å². The van der Waals surface area contributed by atoms with E-state index in [4.69, 9.17) is 9.47 Å². The Morgan fingerprint density at radius 3 is 2.11 bits per heavy atom. The van der Waals surface area contributed by atoms with Gasteiger partial charge in [-0.15, -0.1) is 0 Å². The Bertz CT molecular complexity index is 1240. The van der Waals surface area contributed by atoms with Crippen molar-refractivity contribution in [2.45, 2.75) is 39.0 Å². The van der Waals surface area contributed by atoms with E-state index >= 15 is 0 Å². The van der Waals surface area contributed by atoms with Crippen molar-refractivity contribution in [2.75, 3.05) is 12.4 Å². The van der Waals surface area contributed by atoms with Gasteiger partial charge in [0.2, 0.25) is 0 Å². The molecular formula is C27H27F3N2O4. The summed E-state index contributed by atoms with van der Waals surface area (Å²) in [7, 11) is 1.20. The van der Waals surface area contributed by atoms with Gasteiger partial charge in [0.1, 0.15) is 6.61 Å². The number of hydrogen-bond donors (Lipinski definition) is 2. The molecule has 36 heavy (non-hydrogen) atoms. The van der Waals surface area contributed by atoms with Gasteiger partial charge in [0.05, 0.1) is 18.2 Å². The molecule has 0 heterocycles. The van der Waals surface area contributed by atoms with Crippen LogP contribution in [0.25, 0.3) is 0 Å². The number of carbonyl (C=O) groups excluding carboxylic acids is 2. The Kier molecular flexibility index (Phi) is 7.92. The quantitative estimate of drug-likeness (QED) is 0.402. The van der Waals surface area contributed by atoms with E-state index in [1.54, 1.807) is 42.5 Å². The lowest BCUT2D eigenvalue weighted by Gasteiger charge is -2.23. The molecule has 0 aliphatic heterocycles. The molecule has 0 aliphatic carbocycles. The van der Waals surface area contributed by atoms with E-state index < -0.39 is 29.2 Å². The zero-order chi connectivity index (χ0) is 26.5. The van der Waals surface area contributed by atoms with Crippen molar-refractivity contribution in [3.63, 3.8) is 0 Å². The molecule has 0 fully saturated rings. The molecular weight excluding hydrogens is 473 g/mol. The number of methoxy groups -OCH3 is 1. The number of rotatable bonds is 6. The number of carbonyl (C=O) groups is 2. The molecule has 0 aliphatic rings. The first-order valence-electron chi connectivity index (χ1n) is 11.1. The highest BCUT2D eigenvalue weighted by Crippen LogP contribution is 2.39. The topological polar surface area (TPSA) is 76.7 Å². The molecule has 0 unspecified atom stereocenters. The average Bonchev–Trinajstić information content (AvgIpc) is 2.81. The monoisotopic (exact) mass is 500 g/mol. The second kappa shape index (κ2) is 10.7. The van der Waals surface area contributed by atoms with Crippen molar-refractivity contribution in [1.29, 1.82) is 0 Å². The van der Waals surface area contributed by atoms with Gasteiger partial charge in [0, 0.05) is 5.69 Å². The smallest absolute Gasteiger partial charge is 0.417 e. The zero-order valence-corrected chi connectivity index (χ0v) is 20.3. The molecule has 0 saturated carbocycles. The van der Waals surface area contributed by atoms with E-state index in [1.165, 1.54) is 7.11 Å². The third-order valence-electron chi connectivity index (χ3n) is 5.30. The van der Waals surface area contributed by atoms with Crippen molar-refractivity contribution >= 4 is 17.6 Å². The summed E-state index contributed by atoms with van der Waals surface area (Å²) in [6.07, 6.45) is -4.88. The Hall–Kier alpha value is -4.01. The van der Waals surface area contributed by atoms with Crippen LogP contribution in [0.15, 0.2) is 66.7 Å². The maximum Gasteiger partial charge on any atom is 0.417 e. The fourth-order valence-corrected chi connectivity index (χ4v) is 3.56. The molecule has 0 bridgehead atoms. The van der Waals surface area contributed by atoms with Crippen LogP contribution in [0.3, 0.4) is 0 Å². The highest BCUT2D eigenvalue weighted by molar-refractivity contribution is 6.09. The molecule has 3 amide bonds. The van der Waals surface area contributed by atoms with Gasteiger partial charge in [-0.05, 0) is 34.7 Å². The largest absolute Gasteiger partial charge is 0.493 e. The Morgan fingerprint density at radius 1 is 0.861 bits per heavy atom. The number of nitrogens with one attached hydrogen (secondary N) is 2. The Balaban J connectivity index is 1.89. The molecule has 190 valence electrons. The summed E-state index contributed by atoms with van der Waals surface area (Å²) in [6.45, 7) is 5.87. The average molecular weight is 501 g/mol. The number of para-hydroxylation sites is 1. The van der Waals surface area contributed by atoms with E-state index in [0.717, 1.165) is 17.2 Å². The summed E-state index contributed by atoms with van der Waals surface area (Å²) in [4.78, 5) is 25.4. The highest BCUT2D eigenvalue weighted by atomic mass is 19.4. The predicted octanol–water partition coefficient (Wildman–Crippen LogP) is 6.55. The standard InChI is InChI=1S/C27H27F3N2O4/c1-26(2,3)19-12-8-9-13-21(19)31-25(34)32-24(33)18-14-23(36-16-17-10-6-5-7-11-17)22(35-4)15-20(18)27(28,29)30/h5-15H,16H2,1-4H3,(H2,31,32,33,34). The first-order chi connectivity index (χ1) is 16.9. The van der Waals surface area contributed by atoms with Gasteiger partial charge >= 0.3 is 12.2 Å². The summed E-state index contributed by atoms with van der Waals surface area (Å²) in [6, 6.07) is 16.6. The first-order valence-corrected chi connectivity index (χ1v) is 11.1. The number of imide groups is 1. The van der Waals surface area contributed by atoms with Crippen LogP contribution in [0.5, 0.6) is 11.5 Å². The molecule has 3 rings (SSSR count). The highest BCUT2D eigenvalue weighted by Gasteiger charge is 2.37. The van der Waals surface area contributed by atoms with Gasteiger partial charge in [-0.1, -0.05) is 69.3 Å². The molecule has 0 radical (unpaired) electrons. The van der Waals surface area contributed by atoms with Gasteiger partial charge in [-0.3, -0.25) is 10.1 Å². The second-order valence-corrected chi connectivity index (χ2v) is 9.02. The summed E-state index contributed by atoms with van der Waals surface area (Å²) >= 11 is 0. The van der Waals surface area contributed by atoms with Crippen LogP contribution in [-0.2, 0) is 18.2 Å². The normalized spacial score (nSPS) is 11.5. The van der Waals surface area contributed by atoms with E-state index in [0.29, 0.717) is 11.8 Å². The lowest BCUT2D eigenvalue weighted by molar-refractivity contribution is -0.138. The molecule has 9 heteroatoms. The van der Waals surface area contributed by atoms with Crippen molar-refractivity contribution in [1.82, 2.24) is 5.32 Å². The second-order valence-electron chi connectivity index (χ2n) is 9.02. The minimum atomic E-state index is -4.88. The van der Waals surface area contributed by atoms with Crippen LogP contribution in [0.1, 0.15) is 47.8 Å². The molecule has 3 aromatic carbocycles. The Morgan fingerprint density at radius 2 is 1.50 bits per heavy atom. The number of halogens is 3. The third-order valence-corrected chi connectivity index (χ3v) is 5.30. The maximum atomic E-state index is 13.8.